The summed E-state index contributed by atoms with van der Waals surface area (Å²) in [7, 11) is 1.60. The van der Waals surface area contributed by atoms with E-state index in [-0.39, 0.29) is 29.7 Å². The summed E-state index contributed by atoms with van der Waals surface area (Å²) in [5.74, 6) is 1.53. The number of rotatable bonds is 5. The van der Waals surface area contributed by atoms with Gasteiger partial charge in [0.2, 0.25) is 5.91 Å². The van der Waals surface area contributed by atoms with Crippen LogP contribution in [-0.2, 0) is 9.53 Å². The van der Waals surface area contributed by atoms with Crippen molar-refractivity contribution in [1.82, 2.24) is 14.5 Å². The molecule has 0 aliphatic carbocycles. The predicted molar refractivity (Wildman–Crippen MR) is 157 cm³/mol. The monoisotopic (exact) mass is 584 g/mol. The number of anilines is 1. The molecule has 0 spiro atoms. The van der Waals surface area contributed by atoms with Gasteiger partial charge in [0.15, 0.2) is 0 Å². The lowest BCUT2D eigenvalue weighted by molar-refractivity contribution is -0.130. The van der Waals surface area contributed by atoms with E-state index in [9.17, 15) is 14.0 Å². The summed E-state index contributed by atoms with van der Waals surface area (Å²) < 4.78 is 36.0. The van der Waals surface area contributed by atoms with Crippen molar-refractivity contribution in [2.45, 2.75) is 36.4 Å². The van der Waals surface area contributed by atoms with Crippen molar-refractivity contribution in [2.24, 2.45) is 0 Å². The van der Waals surface area contributed by atoms with Crippen LogP contribution in [0.4, 0.5) is 14.6 Å². The quantitative estimate of drug-likeness (QED) is 0.405. The summed E-state index contributed by atoms with van der Waals surface area (Å²) in [6.07, 6.45) is 2.22. The van der Waals surface area contributed by atoms with Crippen LogP contribution in [0.25, 0.3) is 22.0 Å². The van der Waals surface area contributed by atoms with Gasteiger partial charge in [-0.05, 0) is 48.9 Å². The normalized spacial score (nSPS) is 22.4. The molecule has 0 saturated carbocycles. The van der Waals surface area contributed by atoms with Gasteiger partial charge in [0, 0.05) is 59.2 Å². The minimum atomic E-state index is -0.647. The fourth-order valence-electron chi connectivity index (χ4n) is 6.30. The van der Waals surface area contributed by atoms with Gasteiger partial charge in [-0.3, -0.25) is 9.36 Å². The van der Waals surface area contributed by atoms with Gasteiger partial charge < -0.3 is 14.5 Å². The fourth-order valence-corrected chi connectivity index (χ4v) is 8.81. The van der Waals surface area contributed by atoms with Gasteiger partial charge in [-0.25, -0.2) is 13.6 Å². The van der Waals surface area contributed by atoms with Crippen LogP contribution in [0.5, 0.6) is 0 Å². The molecule has 3 aliphatic heterocycles. The molecule has 3 aromatic rings. The highest BCUT2D eigenvalue weighted by molar-refractivity contribution is 7.99. The van der Waals surface area contributed by atoms with E-state index in [1.54, 1.807) is 23.4 Å². The Hall–Kier alpha value is -2.89. The fraction of sp³-hybridized carbons (Fsp3) is 0.414. The zero-order chi connectivity index (χ0) is 28.1. The zero-order valence-corrected chi connectivity index (χ0v) is 24.0. The van der Waals surface area contributed by atoms with E-state index in [1.165, 1.54) is 18.2 Å². The summed E-state index contributed by atoms with van der Waals surface area (Å²) in [5, 5.41) is 0.805. The molecule has 2 fully saturated rings. The molecular formula is C29H30F2N4O3S2. The Labute approximate surface area is 239 Å². The number of thioether (sulfide) groups is 2. The van der Waals surface area contributed by atoms with Crippen LogP contribution >= 0.6 is 23.5 Å². The largest absolute Gasteiger partial charge is 0.383 e. The second kappa shape index (κ2) is 10.8. The maximum absolute atomic E-state index is 15.1. The molecule has 2 bridgehead atoms. The Morgan fingerprint density at radius 3 is 2.77 bits per heavy atom. The van der Waals surface area contributed by atoms with E-state index >= 15 is 4.39 Å². The number of fused-ring (bicyclic) bond motifs is 2. The van der Waals surface area contributed by atoms with Gasteiger partial charge in [-0.2, -0.15) is 16.7 Å². The van der Waals surface area contributed by atoms with Crippen LogP contribution in [0.3, 0.4) is 0 Å². The highest BCUT2D eigenvalue weighted by Crippen LogP contribution is 2.46. The summed E-state index contributed by atoms with van der Waals surface area (Å²) in [5.41, 5.74) is 2.07. The number of halogens is 2. The van der Waals surface area contributed by atoms with E-state index in [2.05, 4.69) is 16.5 Å². The lowest BCUT2D eigenvalue weighted by atomic mass is 9.96. The highest BCUT2D eigenvalue weighted by Gasteiger charge is 2.40. The van der Waals surface area contributed by atoms with E-state index in [1.807, 2.05) is 29.7 Å². The molecule has 2 saturated heterocycles. The summed E-state index contributed by atoms with van der Waals surface area (Å²) in [6, 6.07) is 5.27. The van der Waals surface area contributed by atoms with Crippen LogP contribution in [0, 0.1) is 18.6 Å². The Morgan fingerprint density at radius 2 is 2.02 bits per heavy atom. The Balaban J connectivity index is 1.57. The van der Waals surface area contributed by atoms with Gasteiger partial charge in [0.05, 0.1) is 30.2 Å². The first kappa shape index (κ1) is 27.3. The summed E-state index contributed by atoms with van der Waals surface area (Å²) >= 11 is 3.39. The predicted octanol–water partition coefficient (Wildman–Crippen LogP) is 4.65. The maximum Gasteiger partial charge on any atom is 0.350 e. The van der Waals surface area contributed by atoms with Crippen molar-refractivity contribution < 1.29 is 18.3 Å². The molecule has 6 rings (SSSR count). The third-order valence-corrected chi connectivity index (χ3v) is 10.4. The van der Waals surface area contributed by atoms with Crippen molar-refractivity contribution in [3.8, 4) is 11.1 Å². The first-order valence-electron chi connectivity index (χ1n) is 13.3. The van der Waals surface area contributed by atoms with Gasteiger partial charge in [0.1, 0.15) is 17.5 Å². The molecule has 7 nitrogen and oxygen atoms in total. The number of carbonyl (C=O) groups excluding carboxylic acids is 1. The minimum Gasteiger partial charge on any atom is -0.383 e. The van der Waals surface area contributed by atoms with Gasteiger partial charge in [0.25, 0.3) is 0 Å². The van der Waals surface area contributed by atoms with Crippen molar-refractivity contribution in [3.05, 3.63) is 64.6 Å². The molecule has 1 amide bonds. The molecule has 3 aliphatic rings. The molecule has 2 aromatic carbocycles. The molecule has 1 aromatic heterocycles. The summed E-state index contributed by atoms with van der Waals surface area (Å²) in [6.45, 7) is 7.05. The number of aryl methyl sites for hydroxylation is 1. The van der Waals surface area contributed by atoms with Crippen molar-refractivity contribution in [2.75, 3.05) is 49.0 Å². The van der Waals surface area contributed by atoms with Crippen LogP contribution in [0.1, 0.15) is 18.0 Å². The minimum absolute atomic E-state index is 0.0183. The first-order valence-corrected chi connectivity index (χ1v) is 15.4. The first-order chi connectivity index (χ1) is 19.3. The average molecular weight is 585 g/mol. The summed E-state index contributed by atoms with van der Waals surface area (Å²) in [4.78, 5) is 36.0. The standard InChI is InChI=1S/C29H30F2N4O3S2/c1-4-24(36)34-18-7-8-39-14-19(34)12-33(11-18)28-22-9-16(2)25(21-6-5-17(30)10-23(21)31)27-26(22)35(29(37)32-28)20(13-38-3)15-40-27/h4-6,9-10,18-20H,1,7-8,11-15H2,2-3H3/t18?,19?,20-/m0/s1. The number of piperazine rings is 1. The molecule has 210 valence electrons. The van der Waals surface area contributed by atoms with Gasteiger partial charge in [-0.15, -0.1) is 11.8 Å². The molecular weight excluding hydrogens is 554 g/mol. The van der Waals surface area contributed by atoms with Gasteiger partial charge >= 0.3 is 5.69 Å². The molecule has 4 heterocycles. The smallest absolute Gasteiger partial charge is 0.350 e. The topological polar surface area (TPSA) is 67.7 Å². The van der Waals surface area contributed by atoms with Crippen molar-refractivity contribution >= 4 is 46.2 Å². The number of nitrogens with zero attached hydrogens (tertiary/aromatic N) is 4. The lowest BCUT2D eigenvalue weighted by Crippen LogP contribution is -2.61. The number of hydrogen-bond acceptors (Lipinski definition) is 7. The van der Waals surface area contributed by atoms with Crippen molar-refractivity contribution in [1.29, 1.82) is 0 Å². The average Bonchev–Trinajstić information content (AvgIpc) is 3.06. The van der Waals surface area contributed by atoms with E-state index in [0.717, 1.165) is 39.8 Å². The van der Waals surface area contributed by atoms with Crippen molar-refractivity contribution in [3.63, 3.8) is 0 Å². The number of benzene rings is 2. The van der Waals surface area contributed by atoms with Gasteiger partial charge in [-0.1, -0.05) is 6.58 Å². The SMILES string of the molecule is C=CC(=O)N1C2CCSCC1CN(c1nc(=O)n3c4c(c(-c5ccc(F)cc5F)c(C)cc14)SC[C@@H]3COC)C2. The molecule has 3 atom stereocenters. The van der Waals surface area contributed by atoms with E-state index in [0.29, 0.717) is 47.9 Å². The molecule has 0 N–H and O–H groups in total. The molecule has 11 heteroatoms. The Kier molecular flexibility index (Phi) is 7.39. The third kappa shape index (κ3) is 4.52. The highest BCUT2D eigenvalue weighted by atomic mass is 32.2. The third-order valence-electron chi connectivity index (χ3n) is 7.97. The van der Waals surface area contributed by atoms with Crippen LogP contribution in [0.15, 0.2) is 46.6 Å². The maximum atomic E-state index is 15.1. The number of methoxy groups -OCH3 is 1. The second-order valence-electron chi connectivity index (χ2n) is 10.5. The van der Waals surface area contributed by atoms with Crippen LogP contribution in [0.2, 0.25) is 0 Å². The second-order valence-corrected chi connectivity index (χ2v) is 12.6. The molecule has 0 radical (unpaired) electrons. The van der Waals surface area contributed by atoms with E-state index in [4.69, 9.17) is 4.74 Å². The zero-order valence-electron chi connectivity index (χ0n) is 22.4. The number of amides is 1. The number of carbonyl (C=O) groups is 1. The Bertz CT molecular complexity index is 1560. The molecule has 2 unspecified atom stereocenters. The van der Waals surface area contributed by atoms with E-state index < -0.39 is 11.6 Å². The van der Waals surface area contributed by atoms with Crippen LogP contribution < -0.4 is 10.6 Å². The Morgan fingerprint density at radius 1 is 1.23 bits per heavy atom. The number of ether oxygens (including phenoxy) is 1. The molecule has 40 heavy (non-hydrogen) atoms. The lowest BCUT2D eigenvalue weighted by Gasteiger charge is -2.46. The number of aromatic nitrogens is 2. The number of hydrogen-bond donors (Lipinski definition) is 0. The van der Waals surface area contributed by atoms with Crippen LogP contribution in [-0.4, -0.2) is 76.5 Å².